The van der Waals surface area contributed by atoms with Crippen LogP contribution in [-0.4, -0.2) is 47.8 Å². The molecule has 1 aromatic heterocycles. The van der Waals surface area contributed by atoms with E-state index in [1.165, 1.54) is 11.6 Å². The predicted octanol–water partition coefficient (Wildman–Crippen LogP) is 2.77. The number of piperazine rings is 1. The van der Waals surface area contributed by atoms with Crippen molar-refractivity contribution in [3.8, 4) is 0 Å². The normalized spacial score (nSPS) is 22.6. The van der Waals surface area contributed by atoms with Gasteiger partial charge in [0.25, 0.3) is 0 Å². The highest BCUT2D eigenvalue weighted by molar-refractivity contribution is 5.91. The lowest BCUT2D eigenvalue weighted by molar-refractivity contribution is -0.138. The fourth-order valence-corrected chi connectivity index (χ4v) is 3.56. The molecule has 1 aliphatic heterocycles. The zero-order valence-corrected chi connectivity index (χ0v) is 14.6. The van der Waals surface area contributed by atoms with E-state index in [-0.39, 0.29) is 17.7 Å². The second-order valence-corrected chi connectivity index (χ2v) is 6.86. The Labute approximate surface area is 152 Å². The Morgan fingerprint density at radius 2 is 1.69 bits per heavy atom. The van der Waals surface area contributed by atoms with Gasteiger partial charge in [0.15, 0.2) is 0 Å². The van der Waals surface area contributed by atoms with Gasteiger partial charge in [0.05, 0.1) is 6.26 Å². The Hall–Kier alpha value is -2.82. The first-order chi connectivity index (χ1) is 12.7. The maximum atomic E-state index is 12.7. The van der Waals surface area contributed by atoms with E-state index in [1.54, 1.807) is 29.4 Å². The molecule has 134 valence electrons. The SMILES string of the molecule is O=C(/C=C/c1ccco1)N1CCN(C(=O)C2CC2c2ccccc2)CC1. The molecule has 0 N–H and O–H groups in total. The summed E-state index contributed by atoms with van der Waals surface area (Å²) in [4.78, 5) is 28.6. The van der Waals surface area contributed by atoms with Crippen LogP contribution >= 0.6 is 0 Å². The summed E-state index contributed by atoms with van der Waals surface area (Å²) in [7, 11) is 0. The first-order valence-electron chi connectivity index (χ1n) is 9.06. The maximum absolute atomic E-state index is 12.7. The van der Waals surface area contributed by atoms with E-state index in [2.05, 4.69) is 12.1 Å². The molecule has 1 saturated heterocycles. The minimum Gasteiger partial charge on any atom is -0.465 e. The van der Waals surface area contributed by atoms with Crippen LogP contribution in [0.4, 0.5) is 0 Å². The van der Waals surface area contributed by atoms with Crippen LogP contribution in [0.15, 0.2) is 59.2 Å². The summed E-state index contributed by atoms with van der Waals surface area (Å²) in [5.41, 5.74) is 1.25. The van der Waals surface area contributed by atoms with Crippen LogP contribution in [0.3, 0.4) is 0 Å². The third kappa shape index (κ3) is 3.57. The van der Waals surface area contributed by atoms with Gasteiger partial charge >= 0.3 is 0 Å². The summed E-state index contributed by atoms with van der Waals surface area (Å²) in [6.45, 7) is 2.37. The summed E-state index contributed by atoms with van der Waals surface area (Å²) in [6.07, 6.45) is 5.72. The maximum Gasteiger partial charge on any atom is 0.246 e. The molecule has 0 radical (unpaired) electrons. The van der Waals surface area contributed by atoms with Gasteiger partial charge in [0.1, 0.15) is 5.76 Å². The number of furan rings is 1. The van der Waals surface area contributed by atoms with Gasteiger partial charge < -0.3 is 14.2 Å². The smallest absolute Gasteiger partial charge is 0.246 e. The standard InChI is InChI=1S/C21H22N2O3/c24-20(9-8-17-7-4-14-26-17)22-10-12-23(13-11-22)21(25)19-15-18(19)16-5-2-1-3-6-16/h1-9,14,18-19H,10-13,15H2/b9-8+. The Kier molecular flexibility index (Phi) is 4.61. The van der Waals surface area contributed by atoms with Crippen molar-refractivity contribution in [1.82, 2.24) is 9.80 Å². The molecule has 1 aliphatic carbocycles. The van der Waals surface area contributed by atoms with Gasteiger partial charge in [-0.1, -0.05) is 30.3 Å². The lowest BCUT2D eigenvalue weighted by atomic mass is 10.1. The van der Waals surface area contributed by atoms with Crippen molar-refractivity contribution in [3.05, 3.63) is 66.1 Å². The highest BCUT2D eigenvalue weighted by Crippen LogP contribution is 2.48. The first-order valence-corrected chi connectivity index (χ1v) is 9.06. The molecule has 26 heavy (non-hydrogen) atoms. The monoisotopic (exact) mass is 350 g/mol. The quantitative estimate of drug-likeness (QED) is 0.797. The molecule has 2 fully saturated rings. The number of hydrogen-bond donors (Lipinski definition) is 0. The number of carbonyl (C=O) groups excluding carboxylic acids is 2. The van der Waals surface area contributed by atoms with Gasteiger partial charge in [-0.15, -0.1) is 0 Å². The summed E-state index contributed by atoms with van der Waals surface area (Å²) in [5.74, 6) is 1.32. The van der Waals surface area contributed by atoms with Crippen molar-refractivity contribution in [2.75, 3.05) is 26.2 Å². The fraction of sp³-hybridized carbons (Fsp3) is 0.333. The number of amides is 2. The van der Waals surface area contributed by atoms with Crippen molar-refractivity contribution in [2.45, 2.75) is 12.3 Å². The molecule has 2 unspecified atom stereocenters. The number of hydrogen-bond acceptors (Lipinski definition) is 3. The minimum absolute atomic E-state index is 0.0397. The number of carbonyl (C=O) groups is 2. The van der Waals surface area contributed by atoms with Gasteiger partial charge in [-0.25, -0.2) is 0 Å². The highest BCUT2D eigenvalue weighted by atomic mass is 16.3. The summed E-state index contributed by atoms with van der Waals surface area (Å²) < 4.78 is 5.19. The van der Waals surface area contributed by atoms with Gasteiger partial charge in [0, 0.05) is 38.2 Å². The third-order valence-corrected chi connectivity index (χ3v) is 5.17. The van der Waals surface area contributed by atoms with Gasteiger partial charge in [-0.3, -0.25) is 9.59 Å². The molecular weight excluding hydrogens is 328 g/mol. The lowest BCUT2D eigenvalue weighted by Crippen LogP contribution is -2.50. The van der Waals surface area contributed by atoms with E-state index in [0.717, 1.165) is 6.42 Å². The summed E-state index contributed by atoms with van der Waals surface area (Å²) in [6, 6.07) is 13.8. The van der Waals surface area contributed by atoms with Crippen LogP contribution in [0, 0.1) is 5.92 Å². The number of rotatable bonds is 4. The Morgan fingerprint density at radius 3 is 2.38 bits per heavy atom. The van der Waals surface area contributed by atoms with Crippen LogP contribution in [0.1, 0.15) is 23.7 Å². The molecule has 2 aromatic rings. The van der Waals surface area contributed by atoms with Crippen molar-refractivity contribution in [2.24, 2.45) is 5.92 Å². The number of benzene rings is 1. The Morgan fingerprint density at radius 1 is 0.962 bits per heavy atom. The van der Waals surface area contributed by atoms with Crippen LogP contribution < -0.4 is 0 Å². The molecule has 2 atom stereocenters. The van der Waals surface area contributed by atoms with Gasteiger partial charge in [0.2, 0.25) is 11.8 Å². The zero-order chi connectivity index (χ0) is 17.9. The summed E-state index contributed by atoms with van der Waals surface area (Å²) in [5, 5.41) is 0. The van der Waals surface area contributed by atoms with Crippen molar-refractivity contribution in [1.29, 1.82) is 0 Å². The molecule has 2 aliphatic rings. The van der Waals surface area contributed by atoms with E-state index in [0.29, 0.717) is 37.9 Å². The third-order valence-electron chi connectivity index (χ3n) is 5.17. The highest BCUT2D eigenvalue weighted by Gasteiger charge is 2.46. The average Bonchev–Trinajstić information content (AvgIpc) is 3.33. The van der Waals surface area contributed by atoms with E-state index in [4.69, 9.17) is 4.42 Å². The molecule has 4 rings (SSSR count). The minimum atomic E-state index is -0.0397. The Balaban J connectivity index is 1.27. The van der Waals surface area contributed by atoms with E-state index in [1.807, 2.05) is 23.1 Å². The second kappa shape index (κ2) is 7.20. The molecule has 1 aromatic carbocycles. The zero-order valence-electron chi connectivity index (χ0n) is 14.6. The van der Waals surface area contributed by atoms with Crippen LogP contribution in [0.25, 0.3) is 6.08 Å². The fourth-order valence-electron chi connectivity index (χ4n) is 3.56. The molecule has 5 nitrogen and oxygen atoms in total. The van der Waals surface area contributed by atoms with Gasteiger partial charge in [-0.2, -0.15) is 0 Å². The van der Waals surface area contributed by atoms with Crippen LogP contribution in [-0.2, 0) is 9.59 Å². The van der Waals surface area contributed by atoms with Crippen molar-refractivity contribution < 1.29 is 14.0 Å². The molecule has 2 amide bonds. The van der Waals surface area contributed by atoms with Crippen LogP contribution in [0.5, 0.6) is 0 Å². The Bertz CT molecular complexity index is 790. The van der Waals surface area contributed by atoms with E-state index in [9.17, 15) is 9.59 Å². The lowest BCUT2D eigenvalue weighted by Gasteiger charge is -2.34. The first kappa shape index (κ1) is 16.6. The molecule has 1 saturated carbocycles. The average molecular weight is 350 g/mol. The topological polar surface area (TPSA) is 53.8 Å². The molecule has 0 spiro atoms. The van der Waals surface area contributed by atoms with E-state index < -0.39 is 0 Å². The molecule has 2 heterocycles. The predicted molar refractivity (Wildman–Crippen MR) is 98.2 cm³/mol. The van der Waals surface area contributed by atoms with Crippen LogP contribution in [0.2, 0.25) is 0 Å². The van der Waals surface area contributed by atoms with Gasteiger partial charge in [-0.05, 0) is 36.1 Å². The summed E-state index contributed by atoms with van der Waals surface area (Å²) >= 11 is 0. The molecular formula is C21H22N2O3. The van der Waals surface area contributed by atoms with E-state index >= 15 is 0 Å². The second-order valence-electron chi connectivity index (χ2n) is 6.86. The van der Waals surface area contributed by atoms with Crippen molar-refractivity contribution >= 4 is 17.9 Å². The number of nitrogens with zero attached hydrogens (tertiary/aromatic N) is 2. The van der Waals surface area contributed by atoms with Crippen molar-refractivity contribution in [3.63, 3.8) is 0 Å². The largest absolute Gasteiger partial charge is 0.465 e. The molecule has 5 heteroatoms. The molecule has 0 bridgehead atoms.